The SMILES string of the molecule is CCC(Nc1ncc([N+](=O)[O-])c(N)n1)c1noc(C)n1. The first-order valence-electron chi connectivity index (χ1n) is 5.85. The topological polar surface area (TPSA) is 146 Å². The molecule has 0 amide bonds. The van der Waals surface area contributed by atoms with Gasteiger partial charge >= 0.3 is 5.69 Å². The second kappa shape index (κ2) is 5.47. The maximum atomic E-state index is 10.6. The van der Waals surface area contributed by atoms with E-state index in [-0.39, 0.29) is 23.5 Å². The van der Waals surface area contributed by atoms with Crippen molar-refractivity contribution in [3.63, 3.8) is 0 Å². The van der Waals surface area contributed by atoms with Crippen LogP contribution in [0.1, 0.15) is 31.1 Å². The molecule has 2 aromatic heterocycles. The van der Waals surface area contributed by atoms with Gasteiger partial charge in [0.1, 0.15) is 6.20 Å². The molecule has 106 valence electrons. The second-order valence-electron chi connectivity index (χ2n) is 4.00. The minimum absolute atomic E-state index is 0.169. The molecule has 0 saturated heterocycles. The van der Waals surface area contributed by atoms with Crippen LogP contribution in [0.2, 0.25) is 0 Å². The summed E-state index contributed by atoms with van der Waals surface area (Å²) in [5.41, 5.74) is 5.17. The van der Waals surface area contributed by atoms with Gasteiger partial charge in [-0.3, -0.25) is 10.1 Å². The molecule has 0 aliphatic heterocycles. The lowest BCUT2D eigenvalue weighted by Crippen LogP contribution is -2.14. The third-order valence-corrected chi connectivity index (χ3v) is 2.56. The molecule has 0 aliphatic carbocycles. The molecule has 3 N–H and O–H groups in total. The van der Waals surface area contributed by atoms with Crippen molar-refractivity contribution < 1.29 is 9.45 Å². The third kappa shape index (κ3) is 2.79. The first kappa shape index (κ1) is 13.6. The number of nitrogen functional groups attached to an aromatic ring is 1. The quantitative estimate of drug-likeness (QED) is 0.608. The molecular weight excluding hydrogens is 266 g/mol. The number of rotatable bonds is 5. The van der Waals surface area contributed by atoms with E-state index in [1.54, 1.807) is 6.92 Å². The molecule has 2 rings (SSSR count). The summed E-state index contributed by atoms with van der Waals surface area (Å²) in [7, 11) is 0. The van der Waals surface area contributed by atoms with Crippen LogP contribution in [0.15, 0.2) is 10.7 Å². The number of anilines is 2. The van der Waals surface area contributed by atoms with Gasteiger partial charge in [0, 0.05) is 6.92 Å². The van der Waals surface area contributed by atoms with Crippen LogP contribution in [-0.2, 0) is 0 Å². The Balaban J connectivity index is 2.20. The van der Waals surface area contributed by atoms with Gasteiger partial charge in [0.2, 0.25) is 17.7 Å². The Kier molecular flexibility index (Phi) is 3.73. The lowest BCUT2D eigenvalue weighted by atomic mass is 10.2. The number of hydrogen-bond acceptors (Lipinski definition) is 9. The summed E-state index contributed by atoms with van der Waals surface area (Å²) in [6.07, 6.45) is 1.71. The molecule has 1 unspecified atom stereocenters. The van der Waals surface area contributed by atoms with Gasteiger partial charge in [0.05, 0.1) is 11.0 Å². The highest BCUT2D eigenvalue weighted by Crippen LogP contribution is 2.22. The highest BCUT2D eigenvalue weighted by atomic mass is 16.6. The standard InChI is InChI=1S/C10H13N7O3/c1-3-6(9-13-5(2)20-16-9)14-10-12-4-7(17(18)19)8(11)15-10/h4,6H,3H2,1-2H3,(H3,11,12,14,15). The summed E-state index contributed by atoms with van der Waals surface area (Å²) < 4.78 is 4.90. The second-order valence-corrected chi connectivity index (χ2v) is 4.00. The van der Waals surface area contributed by atoms with E-state index in [4.69, 9.17) is 10.3 Å². The predicted octanol–water partition coefficient (Wildman–Crippen LogP) is 1.22. The molecule has 10 nitrogen and oxygen atoms in total. The number of nitrogens with two attached hydrogens (primary N) is 1. The van der Waals surface area contributed by atoms with Crippen molar-refractivity contribution in [3.8, 4) is 0 Å². The molecular formula is C10H13N7O3. The maximum Gasteiger partial charge on any atom is 0.329 e. The fourth-order valence-corrected chi connectivity index (χ4v) is 1.56. The maximum absolute atomic E-state index is 10.6. The Bertz CT molecular complexity index is 627. The van der Waals surface area contributed by atoms with Crippen LogP contribution in [-0.4, -0.2) is 25.0 Å². The van der Waals surface area contributed by atoms with Crippen molar-refractivity contribution >= 4 is 17.5 Å². The minimum Gasteiger partial charge on any atom is -0.378 e. The molecule has 0 aliphatic rings. The first-order valence-corrected chi connectivity index (χ1v) is 5.85. The van der Waals surface area contributed by atoms with E-state index in [0.29, 0.717) is 18.1 Å². The third-order valence-electron chi connectivity index (χ3n) is 2.56. The number of hydrogen-bond donors (Lipinski definition) is 2. The van der Waals surface area contributed by atoms with Crippen LogP contribution in [0, 0.1) is 17.0 Å². The van der Waals surface area contributed by atoms with Crippen molar-refractivity contribution in [1.29, 1.82) is 0 Å². The Morgan fingerprint density at radius 3 is 2.80 bits per heavy atom. The van der Waals surface area contributed by atoms with Gasteiger partial charge in [-0.2, -0.15) is 9.97 Å². The van der Waals surface area contributed by atoms with Crippen LogP contribution < -0.4 is 11.1 Å². The number of aryl methyl sites for hydroxylation is 1. The molecule has 0 spiro atoms. The fraction of sp³-hybridized carbons (Fsp3) is 0.400. The molecule has 0 aromatic carbocycles. The Morgan fingerprint density at radius 2 is 2.30 bits per heavy atom. The largest absolute Gasteiger partial charge is 0.378 e. The fourth-order valence-electron chi connectivity index (χ4n) is 1.56. The smallest absolute Gasteiger partial charge is 0.329 e. The van der Waals surface area contributed by atoms with Gasteiger partial charge in [-0.25, -0.2) is 4.98 Å². The highest BCUT2D eigenvalue weighted by Gasteiger charge is 2.19. The summed E-state index contributed by atoms with van der Waals surface area (Å²) in [4.78, 5) is 21.8. The van der Waals surface area contributed by atoms with Crippen LogP contribution in [0.25, 0.3) is 0 Å². The summed E-state index contributed by atoms with van der Waals surface area (Å²) in [5, 5.41) is 17.4. The van der Waals surface area contributed by atoms with E-state index >= 15 is 0 Å². The van der Waals surface area contributed by atoms with Crippen molar-refractivity contribution in [3.05, 3.63) is 28.0 Å². The Morgan fingerprint density at radius 1 is 1.55 bits per heavy atom. The van der Waals surface area contributed by atoms with Crippen molar-refractivity contribution in [2.45, 2.75) is 26.3 Å². The molecule has 1 atom stereocenters. The van der Waals surface area contributed by atoms with E-state index in [1.165, 1.54) is 0 Å². The number of nitro groups is 1. The van der Waals surface area contributed by atoms with Crippen molar-refractivity contribution in [2.75, 3.05) is 11.1 Å². The van der Waals surface area contributed by atoms with E-state index in [0.717, 1.165) is 6.20 Å². The monoisotopic (exact) mass is 279 g/mol. The number of aromatic nitrogens is 4. The van der Waals surface area contributed by atoms with Crippen LogP contribution >= 0.6 is 0 Å². The molecule has 0 fully saturated rings. The van der Waals surface area contributed by atoms with Gasteiger partial charge in [-0.15, -0.1) is 0 Å². The van der Waals surface area contributed by atoms with Crippen molar-refractivity contribution in [2.24, 2.45) is 0 Å². The molecule has 10 heteroatoms. The summed E-state index contributed by atoms with van der Waals surface area (Å²) in [6, 6.07) is -0.270. The van der Waals surface area contributed by atoms with E-state index in [9.17, 15) is 10.1 Å². The molecule has 0 saturated carbocycles. The zero-order valence-electron chi connectivity index (χ0n) is 10.9. The predicted molar refractivity (Wildman–Crippen MR) is 68.8 cm³/mol. The minimum atomic E-state index is -0.640. The number of nitrogens with zero attached hydrogens (tertiary/aromatic N) is 5. The highest BCUT2D eigenvalue weighted by molar-refractivity contribution is 5.53. The van der Waals surface area contributed by atoms with E-state index in [1.807, 2.05) is 6.92 Å². The first-order chi connectivity index (χ1) is 9.51. The summed E-state index contributed by atoms with van der Waals surface area (Å²) in [5.74, 6) is 0.879. The summed E-state index contributed by atoms with van der Waals surface area (Å²) >= 11 is 0. The number of nitrogens with one attached hydrogen (secondary N) is 1. The van der Waals surface area contributed by atoms with Crippen LogP contribution in [0.4, 0.5) is 17.5 Å². The lowest BCUT2D eigenvalue weighted by molar-refractivity contribution is -0.384. The zero-order valence-corrected chi connectivity index (χ0v) is 10.9. The molecule has 20 heavy (non-hydrogen) atoms. The van der Waals surface area contributed by atoms with Crippen LogP contribution in [0.5, 0.6) is 0 Å². The van der Waals surface area contributed by atoms with Gasteiger partial charge in [-0.1, -0.05) is 12.1 Å². The van der Waals surface area contributed by atoms with Gasteiger partial charge in [-0.05, 0) is 6.42 Å². The summed E-state index contributed by atoms with van der Waals surface area (Å²) in [6.45, 7) is 3.60. The average molecular weight is 279 g/mol. The molecule has 2 heterocycles. The normalized spacial score (nSPS) is 12.1. The Hall–Kier alpha value is -2.78. The van der Waals surface area contributed by atoms with Gasteiger partial charge in [0.25, 0.3) is 0 Å². The van der Waals surface area contributed by atoms with E-state index < -0.39 is 4.92 Å². The molecule has 2 aromatic rings. The molecule has 0 radical (unpaired) electrons. The van der Waals surface area contributed by atoms with Gasteiger partial charge < -0.3 is 15.6 Å². The Labute approximate surface area is 113 Å². The molecule has 0 bridgehead atoms. The van der Waals surface area contributed by atoms with Crippen LogP contribution in [0.3, 0.4) is 0 Å². The zero-order chi connectivity index (χ0) is 14.7. The van der Waals surface area contributed by atoms with Gasteiger partial charge in [0.15, 0.2) is 5.82 Å². The lowest BCUT2D eigenvalue weighted by Gasteiger charge is -2.12. The van der Waals surface area contributed by atoms with E-state index in [2.05, 4.69) is 25.4 Å². The van der Waals surface area contributed by atoms with Crippen molar-refractivity contribution in [1.82, 2.24) is 20.1 Å². The average Bonchev–Trinajstić information content (AvgIpc) is 2.82.